The molecule has 88 valence electrons. The molecule has 1 N–H and O–H groups in total. The summed E-state index contributed by atoms with van der Waals surface area (Å²) in [5.41, 5.74) is 1.53. The summed E-state index contributed by atoms with van der Waals surface area (Å²) >= 11 is 0. The van der Waals surface area contributed by atoms with Gasteiger partial charge in [-0.1, -0.05) is 0 Å². The molecule has 0 amide bonds. The molecule has 0 saturated carbocycles. The SMILES string of the molecule is COC(=O)c1cc(C)c2oc(C(=O)O)cc2c1. The molecule has 0 radical (unpaired) electrons. The number of benzene rings is 1. The van der Waals surface area contributed by atoms with E-state index in [9.17, 15) is 9.59 Å². The lowest BCUT2D eigenvalue weighted by molar-refractivity contribution is 0.0599. The van der Waals surface area contributed by atoms with Crippen LogP contribution >= 0.6 is 0 Å². The fourth-order valence-corrected chi connectivity index (χ4v) is 1.67. The highest BCUT2D eigenvalue weighted by atomic mass is 16.5. The average Bonchev–Trinajstić information content (AvgIpc) is 2.72. The number of hydrogen-bond donors (Lipinski definition) is 1. The highest BCUT2D eigenvalue weighted by molar-refractivity contribution is 5.98. The van der Waals surface area contributed by atoms with Crippen LogP contribution < -0.4 is 0 Å². The number of furan rings is 1. The zero-order valence-corrected chi connectivity index (χ0v) is 9.31. The van der Waals surface area contributed by atoms with Crippen molar-refractivity contribution in [1.82, 2.24) is 0 Å². The lowest BCUT2D eigenvalue weighted by Crippen LogP contribution is -2.01. The maximum absolute atomic E-state index is 11.4. The summed E-state index contributed by atoms with van der Waals surface area (Å²) in [4.78, 5) is 22.2. The average molecular weight is 234 g/mol. The van der Waals surface area contributed by atoms with E-state index < -0.39 is 11.9 Å². The molecule has 0 aliphatic heterocycles. The first-order valence-corrected chi connectivity index (χ1v) is 4.88. The normalized spacial score (nSPS) is 10.5. The number of aromatic carboxylic acids is 1. The summed E-state index contributed by atoms with van der Waals surface area (Å²) in [6.07, 6.45) is 0. The number of carboxylic acid groups (broad SMARTS) is 1. The highest BCUT2D eigenvalue weighted by Crippen LogP contribution is 2.25. The van der Waals surface area contributed by atoms with E-state index in [4.69, 9.17) is 9.52 Å². The Morgan fingerprint density at radius 3 is 2.59 bits per heavy atom. The number of carbonyl (C=O) groups is 2. The standard InChI is InChI=1S/C12H10O5/c1-6-3-8(12(15)16-2)4-7-5-9(11(13)14)17-10(6)7/h3-5H,1-2H3,(H,13,14). The molecule has 17 heavy (non-hydrogen) atoms. The van der Waals surface area contributed by atoms with Gasteiger partial charge < -0.3 is 14.3 Å². The fourth-order valence-electron chi connectivity index (χ4n) is 1.67. The van der Waals surface area contributed by atoms with Crippen LogP contribution in [0.4, 0.5) is 0 Å². The summed E-state index contributed by atoms with van der Waals surface area (Å²) in [5.74, 6) is -1.75. The summed E-state index contributed by atoms with van der Waals surface area (Å²) in [6.45, 7) is 1.74. The van der Waals surface area contributed by atoms with Crippen LogP contribution in [0.15, 0.2) is 22.6 Å². The van der Waals surface area contributed by atoms with E-state index in [1.165, 1.54) is 13.2 Å². The first kappa shape index (κ1) is 11.2. The molecule has 0 saturated heterocycles. The molecule has 5 heteroatoms. The van der Waals surface area contributed by atoms with Gasteiger partial charge in [-0.3, -0.25) is 0 Å². The van der Waals surface area contributed by atoms with Crippen LogP contribution in [0.1, 0.15) is 26.5 Å². The number of rotatable bonds is 2. The van der Waals surface area contributed by atoms with Crippen molar-refractivity contribution >= 4 is 22.9 Å². The highest BCUT2D eigenvalue weighted by Gasteiger charge is 2.15. The van der Waals surface area contributed by atoms with Gasteiger partial charge in [0.05, 0.1) is 12.7 Å². The third kappa shape index (κ3) is 1.87. The van der Waals surface area contributed by atoms with Crippen LogP contribution in [0.5, 0.6) is 0 Å². The van der Waals surface area contributed by atoms with Crippen molar-refractivity contribution in [3.63, 3.8) is 0 Å². The van der Waals surface area contributed by atoms with Gasteiger partial charge >= 0.3 is 11.9 Å². The Balaban J connectivity index is 2.65. The van der Waals surface area contributed by atoms with Gasteiger partial charge in [-0.15, -0.1) is 0 Å². The molecule has 2 rings (SSSR count). The minimum Gasteiger partial charge on any atom is -0.475 e. The summed E-state index contributed by atoms with van der Waals surface area (Å²) in [6, 6.07) is 4.53. The van der Waals surface area contributed by atoms with Crippen LogP contribution in [-0.4, -0.2) is 24.2 Å². The lowest BCUT2D eigenvalue weighted by Gasteiger charge is -2.01. The molecular weight excluding hydrogens is 224 g/mol. The van der Waals surface area contributed by atoms with E-state index in [0.717, 1.165) is 0 Å². The largest absolute Gasteiger partial charge is 0.475 e. The smallest absolute Gasteiger partial charge is 0.371 e. The number of fused-ring (bicyclic) bond motifs is 1. The van der Waals surface area contributed by atoms with Crippen LogP contribution in [0.2, 0.25) is 0 Å². The zero-order chi connectivity index (χ0) is 12.6. The summed E-state index contributed by atoms with van der Waals surface area (Å²) < 4.78 is 9.79. The Morgan fingerprint density at radius 2 is 2.00 bits per heavy atom. The van der Waals surface area contributed by atoms with Gasteiger partial charge in [0.1, 0.15) is 5.58 Å². The van der Waals surface area contributed by atoms with Crippen LogP contribution in [0.3, 0.4) is 0 Å². The van der Waals surface area contributed by atoms with E-state index in [2.05, 4.69) is 4.74 Å². The number of ether oxygens (including phenoxy) is 1. The molecule has 0 spiro atoms. The van der Waals surface area contributed by atoms with Crippen molar-refractivity contribution in [2.24, 2.45) is 0 Å². The molecule has 1 heterocycles. The molecule has 1 aromatic heterocycles. The quantitative estimate of drug-likeness (QED) is 0.806. The van der Waals surface area contributed by atoms with E-state index in [1.807, 2.05) is 0 Å². The fraction of sp³-hybridized carbons (Fsp3) is 0.167. The van der Waals surface area contributed by atoms with Crippen molar-refractivity contribution in [2.75, 3.05) is 7.11 Å². The number of aryl methyl sites for hydroxylation is 1. The van der Waals surface area contributed by atoms with E-state index in [1.54, 1.807) is 19.1 Å². The molecule has 0 bridgehead atoms. The van der Waals surface area contributed by atoms with Gasteiger partial charge in [-0.25, -0.2) is 9.59 Å². The molecule has 1 aromatic carbocycles. The minimum absolute atomic E-state index is 0.148. The second-order valence-corrected chi connectivity index (χ2v) is 3.62. The summed E-state index contributed by atoms with van der Waals surface area (Å²) in [5, 5.41) is 9.39. The predicted octanol–water partition coefficient (Wildman–Crippen LogP) is 2.23. The van der Waals surface area contributed by atoms with E-state index >= 15 is 0 Å². The zero-order valence-electron chi connectivity index (χ0n) is 9.31. The number of esters is 1. The van der Waals surface area contributed by atoms with Crippen molar-refractivity contribution < 1.29 is 23.8 Å². The predicted molar refractivity (Wildman–Crippen MR) is 59.2 cm³/mol. The second-order valence-electron chi connectivity index (χ2n) is 3.62. The maximum Gasteiger partial charge on any atom is 0.371 e. The number of carboxylic acids is 1. The Kier molecular flexibility index (Phi) is 2.59. The van der Waals surface area contributed by atoms with Gasteiger partial charge in [0.25, 0.3) is 0 Å². The summed E-state index contributed by atoms with van der Waals surface area (Å²) in [7, 11) is 1.29. The topological polar surface area (TPSA) is 76.7 Å². The third-order valence-electron chi connectivity index (χ3n) is 2.43. The Hall–Kier alpha value is -2.30. The van der Waals surface area contributed by atoms with Crippen molar-refractivity contribution in [2.45, 2.75) is 6.92 Å². The lowest BCUT2D eigenvalue weighted by atomic mass is 10.1. The number of carbonyl (C=O) groups excluding carboxylic acids is 1. The van der Waals surface area contributed by atoms with Gasteiger partial charge in [-0.05, 0) is 30.7 Å². The Morgan fingerprint density at radius 1 is 1.29 bits per heavy atom. The van der Waals surface area contributed by atoms with E-state index in [0.29, 0.717) is 22.1 Å². The van der Waals surface area contributed by atoms with Crippen LogP contribution in [-0.2, 0) is 4.74 Å². The Bertz CT molecular complexity index is 609. The molecule has 0 aliphatic rings. The second kappa shape index (κ2) is 3.93. The number of methoxy groups -OCH3 is 1. The Labute approximate surface area is 96.6 Å². The van der Waals surface area contributed by atoms with Gasteiger partial charge in [0.15, 0.2) is 0 Å². The van der Waals surface area contributed by atoms with Gasteiger partial charge in [0.2, 0.25) is 5.76 Å². The van der Waals surface area contributed by atoms with Gasteiger partial charge in [-0.2, -0.15) is 0 Å². The molecule has 0 atom stereocenters. The monoisotopic (exact) mass is 234 g/mol. The molecule has 0 fully saturated rings. The molecule has 2 aromatic rings. The van der Waals surface area contributed by atoms with Crippen molar-refractivity contribution in [3.8, 4) is 0 Å². The van der Waals surface area contributed by atoms with Crippen LogP contribution in [0, 0.1) is 6.92 Å². The maximum atomic E-state index is 11.4. The molecule has 0 aliphatic carbocycles. The minimum atomic E-state index is -1.14. The first-order valence-electron chi connectivity index (χ1n) is 4.88. The van der Waals surface area contributed by atoms with E-state index in [-0.39, 0.29) is 5.76 Å². The molecule has 0 unspecified atom stereocenters. The van der Waals surface area contributed by atoms with Crippen molar-refractivity contribution in [3.05, 3.63) is 35.1 Å². The van der Waals surface area contributed by atoms with Crippen LogP contribution in [0.25, 0.3) is 11.0 Å². The van der Waals surface area contributed by atoms with Crippen molar-refractivity contribution in [1.29, 1.82) is 0 Å². The molecule has 5 nitrogen and oxygen atoms in total. The number of hydrogen-bond acceptors (Lipinski definition) is 4. The third-order valence-corrected chi connectivity index (χ3v) is 2.43. The molecular formula is C12H10O5. The van der Waals surface area contributed by atoms with Gasteiger partial charge in [0, 0.05) is 5.39 Å². The first-order chi connectivity index (χ1) is 8.02.